The molecule has 0 rings (SSSR count). The zero-order valence-corrected chi connectivity index (χ0v) is 17.4. The molecular weight excluding hydrogens is 305 g/mol. The van der Waals surface area contributed by atoms with Gasteiger partial charge in [0.25, 0.3) is 0 Å². The lowest BCUT2D eigenvalue weighted by molar-refractivity contribution is -0.135. The van der Waals surface area contributed by atoms with Crippen molar-refractivity contribution in [1.82, 2.24) is 5.32 Å². The summed E-state index contributed by atoms with van der Waals surface area (Å²) in [5.74, 6) is -0.822. The molecule has 0 amide bonds. The number of hydrogen-bond donors (Lipinski definition) is 2. The minimum absolute atomic E-state index is 0.0417. The molecule has 0 saturated carbocycles. The summed E-state index contributed by atoms with van der Waals surface area (Å²) in [6.07, 6.45) is 17.9. The first-order valence-electron chi connectivity index (χ1n) is 9.73. The van der Waals surface area contributed by atoms with Crippen LogP contribution in [0, 0.1) is 0 Å². The second-order valence-corrected chi connectivity index (χ2v) is 11.0. The summed E-state index contributed by atoms with van der Waals surface area (Å²) in [6, 6.07) is 0. The average molecular weight is 349 g/mol. The Morgan fingerprint density at radius 1 is 0.783 bits per heavy atom. The van der Waals surface area contributed by atoms with Crippen molar-refractivity contribution in [3.8, 4) is 0 Å². The van der Waals surface area contributed by atoms with Crippen LogP contribution in [0.15, 0.2) is 0 Å². The molecule has 0 saturated heterocycles. The van der Waals surface area contributed by atoms with Crippen molar-refractivity contribution in [2.24, 2.45) is 0 Å². The van der Waals surface area contributed by atoms with Crippen molar-refractivity contribution in [3.63, 3.8) is 0 Å². The first kappa shape index (κ1) is 25.1. The third-order valence-electron chi connectivity index (χ3n) is 4.27. The molecule has 0 aromatic carbocycles. The second kappa shape index (κ2) is 18.2. The Bertz CT molecular complexity index is 222. The molecule has 0 heterocycles. The zero-order valence-electron chi connectivity index (χ0n) is 16.5. The first-order chi connectivity index (χ1) is 11.0. The molecule has 0 spiro atoms. The lowest BCUT2D eigenvalue weighted by atomic mass is 10.4. The van der Waals surface area contributed by atoms with E-state index in [1.54, 1.807) is 31.7 Å². The molecule has 0 aliphatic heterocycles. The smallest absolute Gasteiger partial charge is 0.317 e. The average Bonchev–Trinajstić information content (AvgIpc) is 2.54. The van der Waals surface area contributed by atoms with Crippen LogP contribution in [0.25, 0.3) is 0 Å². The monoisotopic (exact) mass is 348 g/mol. The van der Waals surface area contributed by atoms with Crippen LogP contribution in [-0.2, 0) is 4.79 Å². The highest BCUT2D eigenvalue weighted by molar-refractivity contribution is 7.75. The van der Waals surface area contributed by atoms with Crippen LogP contribution in [-0.4, -0.2) is 49.3 Å². The number of carbonyl (C=O) groups is 1. The quantitative estimate of drug-likeness (QED) is 0.408. The van der Waals surface area contributed by atoms with Crippen LogP contribution >= 0.6 is 7.26 Å². The lowest BCUT2D eigenvalue weighted by Gasteiger charge is -2.28. The van der Waals surface area contributed by atoms with Crippen molar-refractivity contribution < 1.29 is 9.90 Å². The van der Waals surface area contributed by atoms with Gasteiger partial charge in [0.05, 0.1) is 31.2 Å². The van der Waals surface area contributed by atoms with Gasteiger partial charge in [-0.15, -0.1) is 0 Å². The van der Waals surface area contributed by atoms with Gasteiger partial charge in [-0.05, 0) is 32.7 Å². The maximum atomic E-state index is 9.54. The normalized spacial score (nSPS) is 11.0. The molecule has 3 nitrogen and oxygen atoms in total. The topological polar surface area (TPSA) is 49.3 Å². The van der Waals surface area contributed by atoms with Gasteiger partial charge in [-0.25, -0.2) is 0 Å². The summed E-state index contributed by atoms with van der Waals surface area (Å²) >= 11 is 0. The predicted octanol–water partition coefficient (Wildman–Crippen LogP) is 5.49. The predicted molar refractivity (Wildman–Crippen MR) is 108 cm³/mol. The summed E-state index contributed by atoms with van der Waals surface area (Å²) in [7, 11) is 1.03. The number of aliphatic carboxylic acids is 1. The van der Waals surface area contributed by atoms with E-state index < -0.39 is 13.2 Å². The lowest BCUT2D eigenvalue weighted by Crippen LogP contribution is -2.16. The van der Waals surface area contributed by atoms with Gasteiger partial charge in [0.2, 0.25) is 0 Å². The van der Waals surface area contributed by atoms with Gasteiger partial charge in [0.15, 0.2) is 0 Å². The molecule has 2 N–H and O–H groups in total. The Morgan fingerprint density at radius 2 is 1.09 bits per heavy atom. The SMILES string of the molecule is CCCC[P+](CCCC)(CCCC)CCCC.CNCC(=O)O. The molecule has 0 aliphatic carbocycles. The molecule has 140 valence electrons. The minimum atomic E-state index is -0.822. The van der Waals surface area contributed by atoms with Crippen molar-refractivity contribution >= 4 is 13.2 Å². The number of carboxylic acid groups (broad SMARTS) is 1. The summed E-state index contributed by atoms with van der Waals surface area (Å²) in [5.41, 5.74) is 0. The maximum Gasteiger partial charge on any atom is 0.317 e. The Morgan fingerprint density at radius 3 is 1.22 bits per heavy atom. The third-order valence-corrected chi connectivity index (χ3v) is 9.33. The van der Waals surface area contributed by atoms with Gasteiger partial charge < -0.3 is 10.4 Å². The van der Waals surface area contributed by atoms with E-state index in [9.17, 15) is 4.79 Å². The van der Waals surface area contributed by atoms with Crippen molar-refractivity contribution in [1.29, 1.82) is 0 Å². The third kappa shape index (κ3) is 16.5. The van der Waals surface area contributed by atoms with E-state index in [1.807, 2.05) is 0 Å². The molecule has 0 aliphatic rings. The fourth-order valence-corrected chi connectivity index (χ4v) is 8.09. The van der Waals surface area contributed by atoms with Crippen molar-refractivity contribution in [2.75, 3.05) is 38.2 Å². The number of carboxylic acids is 1. The van der Waals surface area contributed by atoms with E-state index >= 15 is 0 Å². The minimum Gasteiger partial charge on any atom is -0.480 e. The summed E-state index contributed by atoms with van der Waals surface area (Å²) in [4.78, 5) is 9.54. The fraction of sp³-hybridized carbons (Fsp3) is 0.947. The highest BCUT2D eigenvalue weighted by Crippen LogP contribution is 2.61. The molecular formula is C19H43NO2P+. The molecule has 4 heteroatoms. The number of likely N-dealkylation sites (N-methyl/N-ethyl adjacent to an activating group) is 1. The summed E-state index contributed by atoms with van der Waals surface area (Å²) < 4.78 is 0. The van der Waals surface area contributed by atoms with Crippen LogP contribution in [0.4, 0.5) is 0 Å². The summed E-state index contributed by atoms with van der Waals surface area (Å²) in [5, 5.41) is 10.3. The van der Waals surface area contributed by atoms with Gasteiger partial charge >= 0.3 is 5.97 Å². The van der Waals surface area contributed by atoms with E-state index in [1.165, 1.54) is 51.4 Å². The van der Waals surface area contributed by atoms with E-state index in [-0.39, 0.29) is 6.54 Å². The molecule has 0 fully saturated rings. The Labute approximate surface area is 146 Å². The van der Waals surface area contributed by atoms with Gasteiger partial charge in [-0.1, -0.05) is 53.4 Å². The largest absolute Gasteiger partial charge is 0.480 e. The van der Waals surface area contributed by atoms with Crippen LogP contribution < -0.4 is 5.32 Å². The molecule has 23 heavy (non-hydrogen) atoms. The first-order valence-corrected chi connectivity index (χ1v) is 12.3. The van der Waals surface area contributed by atoms with Gasteiger partial charge in [0, 0.05) is 7.26 Å². The van der Waals surface area contributed by atoms with Crippen molar-refractivity contribution in [3.05, 3.63) is 0 Å². The molecule has 0 bridgehead atoms. The highest BCUT2D eigenvalue weighted by Gasteiger charge is 2.34. The van der Waals surface area contributed by atoms with E-state index in [2.05, 4.69) is 33.0 Å². The van der Waals surface area contributed by atoms with E-state index in [0.717, 1.165) is 0 Å². The van der Waals surface area contributed by atoms with Crippen LogP contribution in [0.1, 0.15) is 79.1 Å². The summed E-state index contributed by atoms with van der Waals surface area (Å²) in [6.45, 7) is 9.46. The Hall–Kier alpha value is -0.140. The Balaban J connectivity index is 0. The molecule has 0 radical (unpaired) electrons. The van der Waals surface area contributed by atoms with Gasteiger partial charge in [-0.2, -0.15) is 0 Å². The van der Waals surface area contributed by atoms with Crippen LogP contribution in [0.5, 0.6) is 0 Å². The number of nitrogens with one attached hydrogen (secondary N) is 1. The van der Waals surface area contributed by atoms with Gasteiger partial charge in [-0.3, -0.25) is 4.79 Å². The van der Waals surface area contributed by atoms with E-state index in [0.29, 0.717) is 0 Å². The molecule has 0 aromatic rings. The molecule has 0 aromatic heterocycles. The maximum absolute atomic E-state index is 9.54. The zero-order chi connectivity index (χ0) is 18.0. The van der Waals surface area contributed by atoms with Crippen LogP contribution in [0.2, 0.25) is 0 Å². The molecule has 0 atom stereocenters. The van der Waals surface area contributed by atoms with Gasteiger partial charge in [0.1, 0.15) is 0 Å². The van der Waals surface area contributed by atoms with E-state index in [4.69, 9.17) is 5.11 Å². The number of rotatable bonds is 14. The Kier molecular flexibility index (Phi) is 19.9. The number of unbranched alkanes of at least 4 members (excludes halogenated alkanes) is 4. The molecule has 0 unspecified atom stereocenters. The number of hydrogen-bond acceptors (Lipinski definition) is 2. The van der Waals surface area contributed by atoms with Crippen LogP contribution in [0.3, 0.4) is 0 Å². The van der Waals surface area contributed by atoms with Crippen molar-refractivity contribution in [2.45, 2.75) is 79.1 Å². The standard InChI is InChI=1S/C16H36P.C3H7NO2/c1-5-9-13-17(14-10-6-2,15-11-7-3)16-12-8-4;1-4-2-3(5)6/h5-16H2,1-4H3;4H,2H2,1H3,(H,5,6)/q+1;. The highest BCUT2D eigenvalue weighted by atomic mass is 31.2. The second-order valence-electron chi connectivity index (χ2n) is 6.57. The fourth-order valence-electron chi connectivity index (χ4n) is 2.80.